The minimum Gasteiger partial charge on any atom is -0.478 e. The molecule has 2 fully saturated rings. The van der Waals surface area contributed by atoms with E-state index in [0.29, 0.717) is 17.3 Å². The molecule has 0 unspecified atom stereocenters. The molecule has 2 N–H and O–H groups in total. The van der Waals surface area contributed by atoms with Crippen molar-refractivity contribution in [2.24, 2.45) is 5.92 Å². The van der Waals surface area contributed by atoms with E-state index in [1.807, 2.05) is 20.8 Å². The van der Waals surface area contributed by atoms with Crippen LogP contribution in [-0.4, -0.2) is 46.4 Å². The second-order valence-corrected chi connectivity index (χ2v) is 9.30. The van der Waals surface area contributed by atoms with Gasteiger partial charge in [0.2, 0.25) is 0 Å². The Morgan fingerprint density at radius 1 is 1.27 bits per heavy atom. The van der Waals surface area contributed by atoms with Gasteiger partial charge in [-0.3, -0.25) is 4.90 Å². The van der Waals surface area contributed by atoms with Crippen molar-refractivity contribution in [2.45, 2.75) is 70.4 Å². The SMILES string of the molecule is CC(C)(C)OC(=O)N(c1ccc(/C=C/C(=O)O)cn1)[C@@]1(C2CCCCC2)CCNC1. The molecule has 1 amide bonds. The topological polar surface area (TPSA) is 91.8 Å². The number of nitrogens with one attached hydrogen (secondary N) is 1. The van der Waals surface area contributed by atoms with E-state index < -0.39 is 11.6 Å². The molecule has 0 aromatic carbocycles. The highest BCUT2D eigenvalue weighted by atomic mass is 16.6. The van der Waals surface area contributed by atoms with Crippen molar-refractivity contribution in [2.75, 3.05) is 18.0 Å². The van der Waals surface area contributed by atoms with Gasteiger partial charge in [0, 0.05) is 18.8 Å². The fourth-order valence-electron chi connectivity index (χ4n) is 4.67. The Kier molecular flexibility index (Phi) is 6.81. The highest BCUT2D eigenvalue weighted by Gasteiger charge is 2.50. The van der Waals surface area contributed by atoms with Crippen LogP contribution in [0.2, 0.25) is 0 Å². The predicted octanol–water partition coefficient (Wildman–Crippen LogP) is 4.23. The smallest absolute Gasteiger partial charge is 0.416 e. The van der Waals surface area contributed by atoms with Crippen LogP contribution in [-0.2, 0) is 9.53 Å². The Balaban J connectivity index is 1.99. The molecule has 0 radical (unpaired) electrons. The van der Waals surface area contributed by atoms with E-state index in [9.17, 15) is 9.59 Å². The van der Waals surface area contributed by atoms with Crippen LogP contribution in [0.4, 0.5) is 10.6 Å². The number of hydrogen-bond acceptors (Lipinski definition) is 5. The van der Waals surface area contributed by atoms with E-state index in [1.165, 1.54) is 25.3 Å². The number of carboxylic acids is 1. The second-order valence-electron chi connectivity index (χ2n) is 9.30. The van der Waals surface area contributed by atoms with Gasteiger partial charge in [0.25, 0.3) is 0 Å². The molecule has 1 aliphatic carbocycles. The Morgan fingerprint density at radius 3 is 2.53 bits per heavy atom. The number of aromatic nitrogens is 1. The van der Waals surface area contributed by atoms with Gasteiger partial charge in [0.15, 0.2) is 0 Å². The van der Waals surface area contributed by atoms with Crippen LogP contribution < -0.4 is 10.2 Å². The molecule has 1 aromatic heterocycles. The van der Waals surface area contributed by atoms with Crippen LogP contribution in [0.25, 0.3) is 6.08 Å². The van der Waals surface area contributed by atoms with Crippen molar-refractivity contribution in [1.29, 1.82) is 0 Å². The maximum Gasteiger partial charge on any atom is 0.416 e. The number of carbonyl (C=O) groups excluding carboxylic acids is 1. The normalized spacial score (nSPS) is 22.9. The maximum atomic E-state index is 13.4. The van der Waals surface area contributed by atoms with Gasteiger partial charge in [0.1, 0.15) is 11.4 Å². The summed E-state index contributed by atoms with van der Waals surface area (Å²) >= 11 is 0. The number of carboxylic acid groups (broad SMARTS) is 1. The molecule has 2 aliphatic rings. The molecule has 164 valence electrons. The Bertz CT molecular complexity index is 771. The van der Waals surface area contributed by atoms with Crippen LogP contribution in [0.1, 0.15) is 64.9 Å². The molecule has 1 atom stereocenters. The Hall–Kier alpha value is -2.41. The highest BCUT2D eigenvalue weighted by Crippen LogP contribution is 2.42. The van der Waals surface area contributed by atoms with Gasteiger partial charge in [0.05, 0.1) is 5.54 Å². The molecule has 7 nitrogen and oxygen atoms in total. The lowest BCUT2D eigenvalue weighted by molar-refractivity contribution is -0.131. The number of nitrogens with zero attached hydrogens (tertiary/aromatic N) is 2. The van der Waals surface area contributed by atoms with Gasteiger partial charge in [-0.2, -0.15) is 0 Å². The van der Waals surface area contributed by atoms with Gasteiger partial charge in [-0.05, 0) is 76.3 Å². The zero-order valence-corrected chi connectivity index (χ0v) is 18.2. The minimum absolute atomic E-state index is 0.367. The summed E-state index contributed by atoms with van der Waals surface area (Å²) in [5.41, 5.74) is -0.311. The lowest BCUT2D eigenvalue weighted by Crippen LogP contribution is -2.60. The first-order valence-electron chi connectivity index (χ1n) is 10.8. The molecule has 0 spiro atoms. The van der Waals surface area contributed by atoms with E-state index in [2.05, 4.69) is 10.3 Å². The summed E-state index contributed by atoms with van der Waals surface area (Å²) in [5, 5.41) is 12.3. The molecule has 1 aliphatic heterocycles. The fourth-order valence-corrected chi connectivity index (χ4v) is 4.67. The molecular weight excluding hydrogens is 382 g/mol. The third-order valence-electron chi connectivity index (χ3n) is 5.97. The molecule has 30 heavy (non-hydrogen) atoms. The van der Waals surface area contributed by atoms with Gasteiger partial charge in [-0.1, -0.05) is 19.3 Å². The number of ether oxygens (including phenoxy) is 1. The molecule has 1 saturated heterocycles. The largest absolute Gasteiger partial charge is 0.478 e. The first kappa shape index (κ1) is 22.3. The van der Waals surface area contributed by atoms with Crippen molar-refractivity contribution >= 4 is 24.0 Å². The molecule has 3 rings (SSSR count). The number of aliphatic carboxylic acids is 1. The number of pyridine rings is 1. The van der Waals surface area contributed by atoms with Crippen LogP contribution in [0.5, 0.6) is 0 Å². The van der Waals surface area contributed by atoms with Gasteiger partial charge >= 0.3 is 12.1 Å². The van der Waals surface area contributed by atoms with Crippen molar-refractivity contribution in [3.8, 4) is 0 Å². The Morgan fingerprint density at radius 2 is 2.00 bits per heavy atom. The summed E-state index contributed by atoms with van der Waals surface area (Å²) in [6.07, 6.45) is 10.5. The number of rotatable bonds is 5. The summed E-state index contributed by atoms with van der Waals surface area (Å²) in [7, 11) is 0. The molecule has 2 heterocycles. The fraction of sp³-hybridized carbons (Fsp3) is 0.609. The summed E-state index contributed by atoms with van der Waals surface area (Å²) < 4.78 is 5.82. The van der Waals surface area contributed by atoms with Gasteiger partial charge in [-0.25, -0.2) is 14.6 Å². The van der Waals surface area contributed by atoms with Crippen molar-refractivity contribution in [3.05, 3.63) is 30.0 Å². The standard InChI is InChI=1S/C23H33N3O4/c1-22(2,3)30-21(29)26(19-11-9-17(15-25-19)10-12-20(27)28)23(13-14-24-16-23)18-7-5-4-6-8-18/h9-12,15,18,24H,4-8,13-14,16H2,1-3H3,(H,27,28)/b12-10+/t23-/m0/s1. The zero-order valence-electron chi connectivity index (χ0n) is 18.2. The van der Waals surface area contributed by atoms with Crippen LogP contribution in [0, 0.1) is 5.92 Å². The second kappa shape index (κ2) is 9.16. The first-order valence-corrected chi connectivity index (χ1v) is 10.8. The third kappa shape index (κ3) is 5.19. The zero-order chi connectivity index (χ0) is 21.8. The summed E-state index contributed by atoms with van der Waals surface area (Å²) in [6, 6.07) is 3.57. The number of hydrogen-bond donors (Lipinski definition) is 2. The van der Waals surface area contributed by atoms with Gasteiger partial charge < -0.3 is 15.2 Å². The van der Waals surface area contributed by atoms with E-state index in [0.717, 1.165) is 38.4 Å². The van der Waals surface area contributed by atoms with Crippen molar-refractivity contribution in [3.63, 3.8) is 0 Å². The van der Waals surface area contributed by atoms with E-state index in [4.69, 9.17) is 9.84 Å². The molecular formula is C23H33N3O4. The highest BCUT2D eigenvalue weighted by molar-refractivity contribution is 5.89. The quantitative estimate of drug-likeness (QED) is 0.699. The third-order valence-corrected chi connectivity index (χ3v) is 5.97. The summed E-state index contributed by atoms with van der Waals surface area (Å²) in [5.74, 6) is -0.0733. The minimum atomic E-state index is -1.01. The molecule has 1 aromatic rings. The Labute approximate surface area is 178 Å². The lowest BCUT2D eigenvalue weighted by Gasteiger charge is -2.47. The number of carbonyl (C=O) groups is 2. The number of anilines is 1. The average molecular weight is 416 g/mol. The van der Waals surface area contributed by atoms with E-state index in [-0.39, 0.29) is 11.6 Å². The molecule has 7 heteroatoms. The summed E-state index contributed by atoms with van der Waals surface area (Å²) in [4.78, 5) is 30.5. The van der Waals surface area contributed by atoms with Crippen molar-refractivity contribution in [1.82, 2.24) is 10.3 Å². The monoisotopic (exact) mass is 415 g/mol. The van der Waals surface area contributed by atoms with Crippen LogP contribution >= 0.6 is 0 Å². The summed E-state index contributed by atoms with van der Waals surface area (Å²) in [6.45, 7) is 7.19. The average Bonchev–Trinajstić information content (AvgIpc) is 3.17. The van der Waals surface area contributed by atoms with Gasteiger partial charge in [-0.15, -0.1) is 0 Å². The first-order chi connectivity index (χ1) is 14.2. The van der Waals surface area contributed by atoms with E-state index >= 15 is 0 Å². The molecule has 1 saturated carbocycles. The predicted molar refractivity (Wildman–Crippen MR) is 116 cm³/mol. The molecule has 0 bridgehead atoms. The maximum absolute atomic E-state index is 13.4. The van der Waals surface area contributed by atoms with Crippen LogP contribution in [0.15, 0.2) is 24.4 Å². The lowest BCUT2D eigenvalue weighted by atomic mass is 9.73. The van der Waals surface area contributed by atoms with Crippen molar-refractivity contribution < 1.29 is 19.4 Å². The number of amides is 1. The van der Waals surface area contributed by atoms with Crippen LogP contribution in [0.3, 0.4) is 0 Å². The van der Waals surface area contributed by atoms with E-state index in [1.54, 1.807) is 23.2 Å².